The van der Waals surface area contributed by atoms with Crippen LogP contribution in [0.3, 0.4) is 0 Å². The van der Waals surface area contributed by atoms with Gasteiger partial charge in [0.25, 0.3) is 12.3 Å². The lowest BCUT2D eigenvalue weighted by molar-refractivity contribution is 0.0904. The monoisotopic (exact) mass is 564 g/mol. The predicted octanol–water partition coefficient (Wildman–Crippen LogP) is 5.35. The van der Waals surface area contributed by atoms with Crippen LogP contribution in [0, 0.1) is 11.7 Å². The summed E-state index contributed by atoms with van der Waals surface area (Å²) in [6.07, 6.45) is 3.36. The van der Waals surface area contributed by atoms with Crippen LogP contribution in [-0.4, -0.2) is 36.0 Å². The number of imidazole rings is 1. The van der Waals surface area contributed by atoms with E-state index in [-0.39, 0.29) is 39.2 Å². The fourth-order valence-corrected chi connectivity index (χ4v) is 5.12. The van der Waals surface area contributed by atoms with Gasteiger partial charge in [-0.2, -0.15) is 0 Å². The van der Waals surface area contributed by atoms with Crippen LogP contribution in [0.4, 0.5) is 13.2 Å². The normalized spacial score (nSPS) is 17.7. The zero-order chi connectivity index (χ0) is 27.0. The van der Waals surface area contributed by atoms with Crippen molar-refractivity contribution in [2.24, 2.45) is 5.92 Å². The van der Waals surface area contributed by atoms with Crippen molar-refractivity contribution < 1.29 is 18.0 Å². The van der Waals surface area contributed by atoms with Crippen LogP contribution in [0.15, 0.2) is 47.7 Å². The van der Waals surface area contributed by atoms with Gasteiger partial charge in [0.05, 0.1) is 34.0 Å². The third-order valence-corrected chi connectivity index (χ3v) is 7.09. The minimum Gasteiger partial charge on any atom is -0.349 e. The first kappa shape index (κ1) is 26.2. The molecule has 0 radical (unpaired) electrons. The lowest BCUT2D eigenvalue weighted by atomic mass is 9.85. The molecule has 4 aromatic rings. The van der Waals surface area contributed by atoms with E-state index in [1.54, 1.807) is 0 Å². The Morgan fingerprint density at radius 1 is 1.03 bits per heavy atom. The molecule has 1 fully saturated rings. The summed E-state index contributed by atoms with van der Waals surface area (Å²) in [4.78, 5) is 37.9. The van der Waals surface area contributed by atoms with Crippen LogP contribution in [-0.2, 0) is 6.54 Å². The molecule has 3 aromatic heterocycles. The fraction of sp³-hybridized carbons (Fsp3) is 0.320. The van der Waals surface area contributed by atoms with Crippen LogP contribution in [0.2, 0.25) is 10.2 Å². The minimum absolute atomic E-state index is 0.0731. The van der Waals surface area contributed by atoms with Crippen LogP contribution < -0.4 is 11.0 Å². The Balaban J connectivity index is 1.32. The molecule has 198 valence electrons. The Morgan fingerprint density at radius 2 is 1.79 bits per heavy atom. The van der Waals surface area contributed by atoms with E-state index in [9.17, 15) is 22.8 Å². The Kier molecular flexibility index (Phi) is 7.40. The van der Waals surface area contributed by atoms with Crippen molar-refractivity contribution in [1.82, 2.24) is 29.4 Å². The number of aromatic nitrogens is 5. The van der Waals surface area contributed by atoms with E-state index in [0.29, 0.717) is 43.3 Å². The summed E-state index contributed by atoms with van der Waals surface area (Å²) >= 11 is 11.7. The number of halogens is 5. The highest BCUT2D eigenvalue weighted by Gasteiger charge is 2.27. The number of benzene rings is 1. The van der Waals surface area contributed by atoms with Gasteiger partial charge in [0, 0.05) is 18.8 Å². The van der Waals surface area contributed by atoms with Crippen molar-refractivity contribution in [2.75, 3.05) is 0 Å². The van der Waals surface area contributed by atoms with Crippen molar-refractivity contribution in [1.29, 1.82) is 0 Å². The van der Waals surface area contributed by atoms with Gasteiger partial charge < -0.3 is 5.32 Å². The summed E-state index contributed by atoms with van der Waals surface area (Å²) in [6.45, 7) is 0.335. The highest BCUT2D eigenvalue weighted by Crippen LogP contribution is 2.29. The second-order valence-electron chi connectivity index (χ2n) is 9.14. The molecule has 1 aromatic carbocycles. The molecule has 0 unspecified atom stereocenters. The molecule has 1 aliphatic rings. The Bertz CT molecular complexity index is 1550. The first-order valence-corrected chi connectivity index (χ1v) is 12.6. The summed E-state index contributed by atoms with van der Waals surface area (Å²) in [5, 5.41) is 3.07. The number of amides is 1. The number of hydrogen-bond acceptors (Lipinski definition) is 5. The van der Waals surface area contributed by atoms with Gasteiger partial charge in [-0.25, -0.2) is 32.5 Å². The maximum Gasteiger partial charge on any atom is 0.334 e. The SMILES string of the molecule is O=C(N[C@H]1CC[C@H](Cn2c(=O)n(-c3cnc(Cl)cn3)c3ccc(F)cc32)CC1)c1cc(Cl)cnc1C(F)F. The number of alkyl halides is 2. The third-order valence-electron chi connectivity index (χ3n) is 6.69. The molecule has 0 aliphatic heterocycles. The molecule has 1 N–H and O–H groups in total. The summed E-state index contributed by atoms with van der Waals surface area (Å²) in [6, 6.07) is 5.05. The van der Waals surface area contributed by atoms with Crippen LogP contribution in [0.5, 0.6) is 0 Å². The molecule has 0 spiro atoms. The van der Waals surface area contributed by atoms with Crippen molar-refractivity contribution in [3.05, 3.63) is 80.6 Å². The maximum atomic E-state index is 14.1. The molecule has 38 heavy (non-hydrogen) atoms. The van der Waals surface area contributed by atoms with Gasteiger partial charge in [0.2, 0.25) is 0 Å². The molecular formula is C25H21Cl2F3N6O2. The lowest BCUT2D eigenvalue weighted by Gasteiger charge is -2.29. The first-order chi connectivity index (χ1) is 18.2. The van der Waals surface area contributed by atoms with E-state index in [1.807, 2.05) is 0 Å². The van der Waals surface area contributed by atoms with Gasteiger partial charge in [-0.3, -0.25) is 14.3 Å². The largest absolute Gasteiger partial charge is 0.349 e. The number of carbonyl (C=O) groups excluding carboxylic acids is 1. The summed E-state index contributed by atoms with van der Waals surface area (Å²) in [7, 11) is 0. The van der Waals surface area contributed by atoms with E-state index < -0.39 is 23.8 Å². The predicted molar refractivity (Wildman–Crippen MR) is 136 cm³/mol. The summed E-state index contributed by atoms with van der Waals surface area (Å²) < 4.78 is 43.6. The van der Waals surface area contributed by atoms with Crippen molar-refractivity contribution in [3.63, 3.8) is 0 Å². The fourth-order valence-electron chi connectivity index (χ4n) is 4.86. The first-order valence-electron chi connectivity index (χ1n) is 11.8. The highest BCUT2D eigenvalue weighted by atomic mass is 35.5. The number of pyridine rings is 1. The molecule has 5 rings (SSSR count). The number of nitrogens with one attached hydrogen (secondary N) is 1. The second kappa shape index (κ2) is 10.7. The molecule has 0 bridgehead atoms. The quantitative estimate of drug-likeness (QED) is 0.340. The van der Waals surface area contributed by atoms with Crippen molar-refractivity contribution >= 4 is 40.1 Å². The van der Waals surface area contributed by atoms with E-state index in [0.717, 1.165) is 6.20 Å². The van der Waals surface area contributed by atoms with Gasteiger partial charge in [0.15, 0.2) is 5.82 Å². The Labute approximate surface area is 224 Å². The van der Waals surface area contributed by atoms with Crippen LogP contribution in [0.25, 0.3) is 16.9 Å². The van der Waals surface area contributed by atoms with Gasteiger partial charge in [-0.05, 0) is 55.9 Å². The van der Waals surface area contributed by atoms with Gasteiger partial charge in [-0.15, -0.1) is 0 Å². The highest BCUT2D eigenvalue weighted by molar-refractivity contribution is 6.30. The minimum atomic E-state index is -2.91. The smallest absolute Gasteiger partial charge is 0.334 e. The zero-order valence-electron chi connectivity index (χ0n) is 19.8. The average Bonchev–Trinajstić information content (AvgIpc) is 3.15. The molecule has 1 saturated carbocycles. The second-order valence-corrected chi connectivity index (χ2v) is 9.96. The molecule has 3 heterocycles. The molecule has 13 heteroatoms. The van der Waals surface area contributed by atoms with Gasteiger partial charge >= 0.3 is 5.69 Å². The van der Waals surface area contributed by atoms with Crippen molar-refractivity contribution in [2.45, 2.75) is 44.7 Å². The van der Waals surface area contributed by atoms with E-state index in [2.05, 4.69) is 20.3 Å². The van der Waals surface area contributed by atoms with E-state index in [1.165, 1.54) is 45.8 Å². The molecule has 1 amide bonds. The molecule has 0 atom stereocenters. The summed E-state index contributed by atoms with van der Waals surface area (Å²) in [5.41, 5.74) is -0.338. The number of rotatable bonds is 6. The van der Waals surface area contributed by atoms with Crippen LogP contribution in [0.1, 0.15) is 48.2 Å². The number of carbonyl (C=O) groups is 1. The number of fused-ring (bicyclic) bond motifs is 1. The maximum absolute atomic E-state index is 14.1. The number of nitrogens with zero attached hydrogens (tertiary/aromatic N) is 5. The van der Waals surface area contributed by atoms with E-state index in [4.69, 9.17) is 23.2 Å². The number of hydrogen-bond donors (Lipinski definition) is 1. The average molecular weight is 565 g/mol. The summed E-state index contributed by atoms with van der Waals surface area (Å²) in [5.74, 6) is -0.794. The van der Waals surface area contributed by atoms with Crippen molar-refractivity contribution in [3.8, 4) is 5.82 Å². The molecule has 1 aliphatic carbocycles. The lowest BCUT2D eigenvalue weighted by Crippen LogP contribution is -2.39. The molecule has 8 nitrogen and oxygen atoms in total. The molecular weight excluding hydrogens is 544 g/mol. The Morgan fingerprint density at radius 3 is 2.47 bits per heavy atom. The standard InChI is InChI=1S/C25H21Cl2F3N6O2/c26-14-7-17(22(23(29)30)33-9-14)24(37)34-16-4-1-13(2-5-16)12-35-19-8-15(28)3-6-18(19)36(25(35)38)21-11-31-20(27)10-32-21/h3,6-11,13,16,23H,1-2,4-5,12H2,(H,34,37)/t13-,16-. The zero-order valence-corrected chi connectivity index (χ0v) is 21.3. The Hall–Kier alpha value is -3.44. The molecule has 0 saturated heterocycles. The van der Waals surface area contributed by atoms with Gasteiger partial charge in [-0.1, -0.05) is 23.2 Å². The third kappa shape index (κ3) is 5.25. The van der Waals surface area contributed by atoms with E-state index >= 15 is 0 Å². The van der Waals surface area contributed by atoms with Crippen LogP contribution >= 0.6 is 23.2 Å². The topological polar surface area (TPSA) is 94.7 Å². The van der Waals surface area contributed by atoms with Gasteiger partial charge in [0.1, 0.15) is 16.7 Å².